The van der Waals surface area contributed by atoms with Crippen LogP contribution in [0.5, 0.6) is 5.75 Å². The lowest BCUT2D eigenvalue weighted by atomic mass is 10.3. The number of carboxylic acids is 1. The van der Waals surface area contributed by atoms with Crippen molar-refractivity contribution in [1.82, 2.24) is 0 Å². The van der Waals surface area contributed by atoms with Crippen LogP contribution < -0.4 is 4.74 Å². The summed E-state index contributed by atoms with van der Waals surface area (Å²) in [5.74, 6) is -0.422. The Balaban J connectivity index is 2.43. The summed E-state index contributed by atoms with van der Waals surface area (Å²) in [4.78, 5) is 10.8. The number of benzene rings is 1. The third-order valence-electron chi connectivity index (χ3n) is 1.84. The molecule has 16 heavy (non-hydrogen) atoms. The van der Waals surface area contributed by atoms with Gasteiger partial charge in [-0.05, 0) is 12.1 Å². The highest BCUT2D eigenvalue weighted by molar-refractivity contribution is 5.72. The zero-order valence-corrected chi connectivity index (χ0v) is 8.83. The van der Waals surface area contributed by atoms with Gasteiger partial charge in [-0.2, -0.15) is 0 Å². The molecule has 0 saturated heterocycles. The summed E-state index contributed by atoms with van der Waals surface area (Å²) in [5, 5.41) is 8.84. The minimum absolute atomic E-state index is 0.0206. The van der Waals surface area contributed by atoms with Gasteiger partial charge in [-0.3, -0.25) is 0 Å². The van der Waals surface area contributed by atoms with Crippen LogP contribution in [0.3, 0.4) is 0 Å². The molecule has 4 heteroatoms. The van der Waals surface area contributed by atoms with Gasteiger partial charge in [0.2, 0.25) is 0 Å². The summed E-state index contributed by atoms with van der Waals surface area (Å²) in [5.41, 5.74) is 0. The molecule has 0 aliphatic rings. The molecule has 4 nitrogen and oxygen atoms in total. The van der Waals surface area contributed by atoms with Crippen LogP contribution >= 0.6 is 0 Å². The number of hydrogen-bond donors (Lipinski definition) is 1. The van der Waals surface area contributed by atoms with Crippen LogP contribution in [0.25, 0.3) is 0 Å². The van der Waals surface area contributed by atoms with Crippen LogP contribution in [0, 0.1) is 0 Å². The Hall–Kier alpha value is -1.81. The first-order chi connectivity index (χ1) is 7.74. The standard InChI is InChI=1S/C12H14O4/c1-2-8-15-11(12(13)14)9-16-10-6-4-3-5-7-10/h2-7,11H,1,8-9H2,(H,13,14). The van der Waals surface area contributed by atoms with Gasteiger partial charge in [-0.1, -0.05) is 24.3 Å². The van der Waals surface area contributed by atoms with E-state index in [9.17, 15) is 4.79 Å². The Morgan fingerprint density at radius 2 is 2.12 bits per heavy atom. The van der Waals surface area contributed by atoms with Gasteiger partial charge in [-0.15, -0.1) is 6.58 Å². The van der Waals surface area contributed by atoms with Crippen LogP contribution in [-0.4, -0.2) is 30.4 Å². The second-order valence-electron chi connectivity index (χ2n) is 3.07. The molecule has 1 aromatic carbocycles. The lowest BCUT2D eigenvalue weighted by Crippen LogP contribution is -2.30. The Kier molecular flexibility index (Phi) is 5.08. The minimum atomic E-state index is -1.04. The largest absolute Gasteiger partial charge is 0.490 e. The van der Waals surface area contributed by atoms with E-state index >= 15 is 0 Å². The fourth-order valence-corrected chi connectivity index (χ4v) is 1.06. The molecule has 1 unspecified atom stereocenters. The Morgan fingerprint density at radius 1 is 1.44 bits per heavy atom. The van der Waals surface area contributed by atoms with Gasteiger partial charge in [0, 0.05) is 0 Å². The lowest BCUT2D eigenvalue weighted by Gasteiger charge is -2.13. The highest BCUT2D eigenvalue weighted by Crippen LogP contribution is 2.09. The molecule has 0 aromatic heterocycles. The highest BCUT2D eigenvalue weighted by atomic mass is 16.5. The summed E-state index contributed by atoms with van der Waals surface area (Å²) in [6.45, 7) is 3.62. The lowest BCUT2D eigenvalue weighted by molar-refractivity contribution is -0.151. The maximum atomic E-state index is 10.8. The highest BCUT2D eigenvalue weighted by Gasteiger charge is 2.18. The average molecular weight is 222 g/mol. The maximum Gasteiger partial charge on any atom is 0.336 e. The molecule has 0 aliphatic carbocycles. The molecular formula is C12H14O4. The van der Waals surface area contributed by atoms with Crippen molar-refractivity contribution >= 4 is 5.97 Å². The monoisotopic (exact) mass is 222 g/mol. The van der Waals surface area contributed by atoms with Crippen LogP contribution in [0.4, 0.5) is 0 Å². The summed E-state index contributed by atoms with van der Waals surface area (Å²) in [7, 11) is 0. The number of para-hydroxylation sites is 1. The fraction of sp³-hybridized carbons (Fsp3) is 0.250. The molecule has 1 rings (SSSR count). The first-order valence-corrected chi connectivity index (χ1v) is 4.87. The second-order valence-corrected chi connectivity index (χ2v) is 3.07. The van der Waals surface area contributed by atoms with E-state index in [1.54, 1.807) is 12.1 Å². The fourth-order valence-electron chi connectivity index (χ4n) is 1.06. The quantitative estimate of drug-likeness (QED) is 0.714. The molecule has 0 radical (unpaired) electrons. The SMILES string of the molecule is C=CCOC(COc1ccccc1)C(=O)O. The van der Waals surface area contributed by atoms with E-state index in [4.69, 9.17) is 14.6 Å². The second kappa shape index (κ2) is 6.63. The van der Waals surface area contributed by atoms with Gasteiger partial charge < -0.3 is 14.6 Å². The van der Waals surface area contributed by atoms with Crippen LogP contribution in [0.15, 0.2) is 43.0 Å². The molecule has 0 spiro atoms. The zero-order valence-electron chi connectivity index (χ0n) is 8.83. The minimum Gasteiger partial charge on any atom is -0.490 e. The zero-order chi connectivity index (χ0) is 11.8. The molecule has 1 aromatic rings. The number of ether oxygens (including phenoxy) is 2. The molecule has 1 atom stereocenters. The van der Waals surface area contributed by atoms with E-state index in [1.807, 2.05) is 18.2 Å². The van der Waals surface area contributed by atoms with Gasteiger partial charge in [-0.25, -0.2) is 4.79 Å². The molecule has 0 amide bonds. The number of carboxylic acid groups (broad SMARTS) is 1. The third-order valence-corrected chi connectivity index (χ3v) is 1.84. The van der Waals surface area contributed by atoms with E-state index in [-0.39, 0.29) is 13.2 Å². The van der Waals surface area contributed by atoms with E-state index in [0.717, 1.165) is 0 Å². The number of aliphatic carboxylic acids is 1. The van der Waals surface area contributed by atoms with E-state index in [0.29, 0.717) is 5.75 Å². The molecule has 0 bridgehead atoms. The predicted molar refractivity (Wildman–Crippen MR) is 59.5 cm³/mol. The molecule has 1 N–H and O–H groups in total. The number of carbonyl (C=O) groups is 1. The predicted octanol–water partition coefficient (Wildman–Crippen LogP) is 1.72. The van der Waals surface area contributed by atoms with Crippen LogP contribution in [-0.2, 0) is 9.53 Å². The van der Waals surface area contributed by atoms with Gasteiger partial charge in [0.1, 0.15) is 12.4 Å². The molecule has 0 saturated carbocycles. The Labute approximate surface area is 94.1 Å². The number of rotatable bonds is 7. The van der Waals surface area contributed by atoms with Crippen molar-refractivity contribution in [3.63, 3.8) is 0 Å². The third kappa shape index (κ3) is 4.14. The Morgan fingerprint density at radius 3 is 2.69 bits per heavy atom. The van der Waals surface area contributed by atoms with Crippen LogP contribution in [0.2, 0.25) is 0 Å². The van der Waals surface area contributed by atoms with E-state index in [1.165, 1.54) is 6.08 Å². The average Bonchev–Trinajstić information content (AvgIpc) is 2.30. The topological polar surface area (TPSA) is 55.8 Å². The molecular weight excluding hydrogens is 208 g/mol. The van der Waals surface area contributed by atoms with Gasteiger partial charge in [0.25, 0.3) is 0 Å². The number of hydrogen-bond acceptors (Lipinski definition) is 3. The first kappa shape index (κ1) is 12.3. The van der Waals surface area contributed by atoms with E-state index in [2.05, 4.69) is 6.58 Å². The molecule has 0 fully saturated rings. The van der Waals surface area contributed by atoms with Crippen molar-refractivity contribution in [3.05, 3.63) is 43.0 Å². The van der Waals surface area contributed by atoms with Crippen molar-refractivity contribution in [2.24, 2.45) is 0 Å². The molecule has 86 valence electrons. The normalized spacial score (nSPS) is 11.8. The summed E-state index contributed by atoms with van der Waals surface area (Å²) >= 11 is 0. The summed E-state index contributed by atoms with van der Waals surface area (Å²) < 4.78 is 10.3. The van der Waals surface area contributed by atoms with Gasteiger partial charge in [0.15, 0.2) is 6.10 Å². The van der Waals surface area contributed by atoms with Crippen molar-refractivity contribution in [1.29, 1.82) is 0 Å². The smallest absolute Gasteiger partial charge is 0.336 e. The summed E-state index contributed by atoms with van der Waals surface area (Å²) in [6.07, 6.45) is 0.525. The van der Waals surface area contributed by atoms with Crippen molar-refractivity contribution in [2.45, 2.75) is 6.10 Å². The molecule has 0 aliphatic heterocycles. The first-order valence-electron chi connectivity index (χ1n) is 4.87. The van der Waals surface area contributed by atoms with Crippen molar-refractivity contribution in [3.8, 4) is 5.75 Å². The maximum absolute atomic E-state index is 10.8. The summed E-state index contributed by atoms with van der Waals surface area (Å²) in [6, 6.07) is 9.00. The Bertz CT molecular complexity index is 334. The van der Waals surface area contributed by atoms with Gasteiger partial charge >= 0.3 is 5.97 Å². The van der Waals surface area contributed by atoms with Crippen molar-refractivity contribution < 1.29 is 19.4 Å². The van der Waals surface area contributed by atoms with E-state index < -0.39 is 12.1 Å². The van der Waals surface area contributed by atoms with Crippen molar-refractivity contribution in [2.75, 3.05) is 13.2 Å². The van der Waals surface area contributed by atoms with Crippen LogP contribution in [0.1, 0.15) is 0 Å². The molecule has 0 heterocycles. The van der Waals surface area contributed by atoms with Gasteiger partial charge in [0.05, 0.1) is 6.61 Å².